The molecule has 0 saturated carbocycles. The summed E-state index contributed by atoms with van der Waals surface area (Å²) in [7, 11) is 0. The van der Waals surface area contributed by atoms with Gasteiger partial charge in [0.25, 0.3) is 0 Å². The van der Waals surface area contributed by atoms with E-state index >= 15 is 0 Å². The second kappa shape index (κ2) is 11.1. The molecule has 0 radical (unpaired) electrons. The molecule has 1 aromatic rings. The zero-order valence-electron chi connectivity index (χ0n) is 17.7. The lowest BCUT2D eigenvalue weighted by atomic mass is 9.98. The highest BCUT2D eigenvalue weighted by Crippen LogP contribution is 2.36. The Morgan fingerprint density at radius 2 is 1.61 bits per heavy atom. The van der Waals surface area contributed by atoms with Gasteiger partial charge in [-0.2, -0.15) is 0 Å². The average Bonchev–Trinajstić information content (AvgIpc) is 3.07. The van der Waals surface area contributed by atoms with E-state index in [0.29, 0.717) is 6.42 Å². The molecule has 33 heavy (non-hydrogen) atoms. The average molecular weight is 474 g/mol. The van der Waals surface area contributed by atoms with Crippen LogP contribution in [0.3, 0.4) is 0 Å². The number of hydrogen-bond donors (Lipinski definition) is 7. The Labute approximate surface area is 189 Å². The second-order valence-corrected chi connectivity index (χ2v) is 8.01. The SMILES string of the molecule is O=C(CCc1ccccc1)O[C@H]1[C@@H](O[C@]2(CO)O[C@H](CO)[C@@H](O)[C@@H]2O)O[C@H](CO)[C@@H](O)[C@@H]1O. The fourth-order valence-corrected chi connectivity index (χ4v) is 3.84. The number of benzene rings is 1. The Kier molecular flexibility index (Phi) is 8.75. The first-order valence-electron chi connectivity index (χ1n) is 10.6. The minimum absolute atomic E-state index is 0.0744. The van der Waals surface area contributed by atoms with E-state index in [4.69, 9.17) is 18.9 Å². The zero-order valence-corrected chi connectivity index (χ0v) is 17.7. The van der Waals surface area contributed by atoms with E-state index in [2.05, 4.69) is 0 Å². The number of rotatable bonds is 9. The zero-order chi connectivity index (χ0) is 24.2. The van der Waals surface area contributed by atoms with E-state index in [9.17, 15) is 40.5 Å². The van der Waals surface area contributed by atoms with Crippen molar-refractivity contribution in [1.82, 2.24) is 0 Å². The number of carbonyl (C=O) groups excluding carboxylic acids is 1. The summed E-state index contributed by atoms with van der Waals surface area (Å²) in [6, 6.07) is 9.08. The van der Waals surface area contributed by atoms with Gasteiger partial charge in [-0.3, -0.25) is 4.79 Å². The molecule has 2 fully saturated rings. The topological polar surface area (TPSA) is 196 Å². The predicted molar refractivity (Wildman–Crippen MR) is 107 cm³/mol. The van der Waals surface area contributed by atoms with Crippen molar-refractivity contribution in [2.24, 2.45) is 0 Å². The molecule has 7 N–H and O–H groups in total. The molecule has 0 aliphatic carbocycles. The number of ether oxygens (including phenoxy) is 4. The van der Waals surface area contributed by atoms with E-state index < -0.39 is 80.6 Å². The summed E-state index contributed by atoms with van der Waals surface area (Å²) in [5.41, 5.74) is 0.869. The molecule has 0 unspecified atom stereocenters. The Bertz CT molecular complexity index is 763. The quantitative estimate of drug-likeness (QED) is 0.177. The third-order valence-corrected chi connectivity index (χ3v) is 5.77. The van der Waals surface area contributed by atoms with Crippen molar-refractivity contribution in [2.45, 2.75) is 67.6 Å². The van der Waals surface area contributed by atoms with Gasteiger partial charge in [0.15, 0.2) is 6.10 Å². The third kappa shape index (κ3) is 5.52. The molecule has 12 heteroatoms. The molecule has 2 aliphatic heterocycles. The van der Waals surface area contributed by atoms with Gasteiger partial charge in [-0.15, -0.1) is 0 Å². The Morgan fingerprint density at radius 1 is 0.939 bits per heavy atom. The summed E-state index contributed by atoms with van der Waals surface area (Å²) in [6.07, 6.45) is -12.6. The summed E-state index contributed by atoms with van der Waals surface area (Å²) in [5.74, 6) is -3.05. The van der Waals surface area contributed by atoms with E-state index in [1.807, 2.05) is 30.3 Å². The van der Waals surface area contributed by atoms with Crippen LogP contribution in [0.25, 0.3) is 0 Å². The molecule has 12 nitrogen and oxygen atoms in total. The monoisotopic (exact) mass is 474 g/mol. The number of aliphatic hydroxyl groups excluding tert-OH is 7. The second-order valence-electron chi connectivity index (χ2n) is 8.01. The van der Waals surface area contributed by atoms with Gasteiger partial charge in [0.1, 0.15) is 43.2 Å². The summed E-state index contributed by atoms with van der Waals surface area (Å²) in [4.78, 5) is 12.5. The Balaban J connectivity index is 1.76. The van der Waals surface area contributed by atoms with Crippen molar-refractivity contribution in [3.8, 4) is 0 Å². The van der Waals surface area contributed by atoms with Gasteiger partial charge in [-0.1, -0.05) is 30.3 Å². The van der Waals surface area contributed by atoms with Crippen LogP contribution in [0, 0.1) is 0 Å². The van der Waals surface area contributed by atoms with Crippen LogP contribution in [0.5, 0.6) is 0 Å². The summed E-state index contributed by atoms with van der Waals surface area (Å²) in [6.45, 7) is -2.43. The minimum Gasteiger partial charge on any atom is -0.454 e. The molecule has 2 aliphatic rings. The number of aryl methyl sites for hydroxylation is 1. The molecular weight excluding hydrogens is 444 g/mol. The first-order valence-corrected chi connectivity index (χ1v) is 10.6. The summed E-state index contributed by atoms with van der Waals surface area (Å²) < 4.78 is 21.6. The van der Waals surface area contributed by atoms with Crippen LogP contribution in [-0.2, 0) is 30.2 Å². The van der Waals surface area contributed by atoms with E-state index in [-0.39, 0.29) is 6.42 Å². The molecule has 0 amide bonds. The Morgan fingerprint density at radius 3 is 2.18 bits per heavy atom. The van der Waals surface area contributed by atoms with Crippen molar-refractivity contribution < 1.29 is 59.5 Å². The highest BCUT2D eigenvalue weighted by atomic mass is 16.8. The fourth-order valence-electron chi connectivity index (χ4n) is 3.84. The lowest BCUT2D eigenvalue weighted by Gasteiger charge is -2.44. The first kappa shape index (κ1) is 25.9. The molecular formula is C21H30O12. The van der Waals surface area contributed by atoms with Gasteiger partial charge in [-0.25, -0.2) is 0 Å². The number of esters is 1. The summed E-state index contributed by atoms with van der Waals surface area (Å²) >= 11 is 0. The largest absolute Gasteiger partial charge is 0.454 e. The van der Waals surface area contributed by atoms with Gasteiger partial charge in [-0.05, 0) is 12.0 Å². The summed E-state index contributed by atoms with van der Waals surface area (Å²) in [5, 5.41) is 69.8. The molecule has 186 valence electrons. The number of hydrogen-bond acceptors (Lipinski definition) is 12. The molecule has 9 atom stereocenters. The van der Waals surface area contributed by atoms with Crippen molar-refractivity contribution in [3.63, 3.8) is 0 Å². The highest BCUT2D eigenvalue weighted by Gasteiger charge is 2.59. The van der Waals surface area contributed by atoms with Crippen molar-refractivity contribution in [2.75, 3.05) is 19.8 Å². The van der Waals surface area contributed by atoms with Gasteiger partial charge in [0.05, 0.1) is 13.2 Å². The van der Waals surface area contributed by atoms with Gasteiger partial charge < -0.3 is 54.7 Å². The molecule has 2 heterocycles. The molecule has 0 aromatic heterocycles. The highest BCUT2D eigenvalue weighted by molar-refractivity contribution is 5.70. The molecule has 1 aromatic carbocycles. The smallest absolute Gasteiger partial charge is 0.306 e. The molecule has 3 rings (SSSR count). The van der Waals surface area contributed by atoms with Crippen molar-refractivity contribution >= 4 is 5.97 Å². The van der Waals surface area contributed by atoms with Crippen molar-refractivity contribution in [3.05, 3.63) is 35.9 Å². The van der Waals surface area contributed by atoms with E-state index in [0.717, 1.165) is 5.56 Å². The fraction of sp³-hybridized carbons (Fsp3) is 0.667. The van der Waals surface area contributed by atoms with Crippen LogP contribution in [-0.4, -0.2) is 116 Å². The van der Waals surface area contributed by atoms with Gasteiger partial charge in [0.2, 0.25) is 12.1 Å². The maximum atomic E-state index is 12.5. The molecule has 2 saturated heterocycles. The standard InChI is InChI=1S/C21H30O12/c22-8-12-15(26)17(28)18(31-14(25)7-6-11-4-2-1-3-5-11)20(30-12)33-21(10-24)19(29)16(27)13(9-23)32-21/h1-5,12-13,15-20,22-24,26-29H,6-10H2/t12-,13-,15-,16-,17+,18-,19+,20-,21+/m1/s1. The van der Waals surface area contributed by atoms with Crippen LogP contribution >= 0.6 is 0 Å². The van der Waals surface area contributed by atoms with E-state index in [1.54, 1.807) is 0 Å². The number of aliphatic hydroxyl groups is 7. The number of carbonyl (C=O) groups is 1. The normalized spacial score (nSPS) is 38.9. The van der Waals surface area contributed by atoms with Crippen LogP contribution < -0.4 is 0 Å². The Hall–Kier alpha value is -1.71. The lowest BCUT2D eigenvalue weighted by Crippen LogP contribution is -2.63. The lowest BCUT2D eigenvalue weighted by molar-refractivity contribution is -0.384. The van der Waals surface area contributed by atoms with Crippen LogP contribution in [0.4, 0.5) is 0 Å². The van der Waals surface area contributed by atoms with Gasteiger partial charge >= 0.3 is 5.97 Å². The maximum absolute atomic E-state index is 12.5. The minimum atomic E-state index is -2.30. The van der Waals surface area contributed by atoms with Crippen LogP contribution in [0.15, 0.2) is 30.3 Å². The van der Waals surface area contributed by atoms with Crippen molar-refractivity contribution in [1.29, 1.82) is 0 Å². The molecule has 0 spiro atoms. The van der Waals surface area contributed by atoms with Crippen LogP contribution in [0.1, 0.15) is 12.0 Å². The maximum Gasteiger partial charge on any atom is 0.306 e. The van der Waals surface area contributed by atoms with Gasteiger partial charge in [0, 0.05) is 6.42 Å². The third-order valence-electron chi connectivity index (χ3n) is 5.77. The predicted octanol–water partition coefficient (Wildman–Crippen LogP) is -3.21. The van der Waals surface area contributed by atoms with E-state index in [1.165, 1.54) is 0 Å². The first-order chi connectivity index (χ1) is 15.8. The molecule has 0 bridgehead atoms. The van der Waals surface area contributed by atoms with Crippen LogP contribution in [0.2, 0.25) is 0 Å².